The Labute approximate surface area is 169 Å². The predicted octanol–water partition coefficient (Wildman–Crippen LogP) is 2.70. The number of nitrogens with one attached hydrogen (secondary N) is 1. The van der Waals surface area contributed by atoms with Crippen LogP contribution < -0.4 is 5.32 Å². The molecule has 162 valence electrons. The molecule has 1 aromatic carbocycles. The van der Waals surface area contributed by atoms with Crippen molar-refractivity contribution in [3.05, 3.63) is 51.1 Å². The molecule has 9 nitrogen and oxygen atoms in total. The van der Waals surface area contributed by atoms with E-state index < -0.39 is 46.4 Å². The Morgan fingerprint density at radius 2 is 1.90 bits per heavy atom. The minimum absolute atomic E-state index is 0.152. The van der Waals surface area contributed by atoms with E-state index in [9.17, 15) is 32.9 Å². The Hall–Kier alpha value is -3.44. The number of hydrogen-bond donors (Lipinski definition) is 1. The fourth-order valence-corrected chi connectivity index (χ4v) is 2.88. The lowest BCUT2D eigenvalue weighted by Gasteiger charge is -2.22. The number of anilines is 1. The van der Waals surface area contributed by atoms with E-state index >= 15 is 0 Å². The zero-order chi connectivity index (χ0) is 22.6. The highest BCUT2D eigenvalue weighted by Crippen LogP contribution is 2.22. The number of aryl methyl sites for hydroxylation is 1. The highest BCUT2D eigenvalue weighted by Gasteiger charge is 2.25. The molecule has 1 N–H and O–H groups in total. The molecule has 30 heavy (non-hydrogen) atoms. The molecule has 0 aliphatic carbocycles. The number of rotatable bonds is 8. The summed E-state index contributed by atoms with van der Waals surface area (Å²) in [5.74, 6) is -6.03. The van der Waals surface area contributed by atoms with Gasteiger partial charge in [-0.05, 0) is 32.4 Å². The number of benzene rings is 1. The summed E-state index contributed by atoms with van der Waals surface area (Å²) < 4.78 is 41.2. The lowest BCUT2D eigenvalue weighted by Crippen LogP contribution is -2.40. The van der Waals surface area contributed by atoms with Gasteiger partial charge in [0, 0.05) is 6.54 Å². The second kappa shape index (κ2) is 9.37. The fourth-order valence-electron chi connectivity index (χ4n) is 2.88. The third kappa shape index (κ3) is 4.93. The highest BCUT2D eigenvalue weighted by atomic mass is 19.2. The van der Waals surface area contributed by atoms with Crippen LogP contribution in [0.5, 0.6) is 0 Å². The largest absolute Gasteiger partial charge is 0.332 e. The Morgan fingerprint density at radius 1 is 1.23 bits per heavy atom. The number of amides is 2. The van der Waals surface area contributed by atoms with Crippen LogP contribution in [0.25, 0.3) is 0 Å². The second-order valence-electron chi connectivity index (χ2n) is 6.52. The van der Waals surface area contributed by atoms with E-state index in [1.165, 1.54) is 18.5 Å². The van der Waals surface area contributed by atoms with Crippen LogP contribution in [0, 0.1) is 41.4 Å². The fraction of sp³-hybridized carbons (Fsp3) is 0.389. The van der Waals surface area contributed by atoms with Crippen molar-refractivity contribution in [1.29, 1.82) is 0 Å². The number of carbonyl (C=O) groups excluding carboxylic acids is 2. The van der Waals surface area contributed by atoms with Gasteiger partial charge in [0.2, 0.25) is 11.8 Å². The van der Waals surface area contributed by atoms with Crippen LogP contribution in [0.4, 0.5) is 24.5 Å². The van der Waals surface area contributed by atoms with E-state index in [0.717, 1.165) is 11.0 Å². The summed E-state index contributed by atoms with van der Waals surface area (Å²) in [6.45, 7) is 4.02. The smallest absolute Gasteiger partial charge is 0.312 e. The van der Waals surface area contributed by atoms with Crippen LogP contribution in [0.3, 0.4) is 0 Å². The molecule has 12 heteroatoms. The summed E-state index contributed by atoms with van der Waals surface area (Å²) in [5, 5.41) is 17.2. The quantitative estimate of drug-likeness (QED) is 0.396. The lowest BCUT2D eigenvalue weighted by atomic mass is 10.2. The molecule has 1 heterocycles. The van der Waals surface area contributed by atoms with Gasteiger partial charge in [-0.1, -0.05) is 6.92 Å². The Kier molecular flexibility index (Phi) is 7.14. The topological polar surface area (TPSA) is 110 Å². The third-order valence-corrected chi connectivity index (χ3v) is 4.30. The maximum Gasteiger partial charge on any atom is 0.312 e. The summed E-state index contributed by atoms with van der Waals surface area (Å²) in [4.78, 5) is 36.5. The molecule has 2 rings (SSSR count). The molecule has 0 bridgehead atoms. The SMILES string of the molecule is CCCN(CC(=O)Nc1ccc(F)c(F)c1F)C(=O)Cn1nc(C)c([N+](=O)[O-])c1C. The molecule has 0 atom stereocenters. The van der Waals surface area contributed by atoms with E-state index in [-0.39, 0.29) is 30.2 Å². The van der Waals surface area contributed by atoms with E-state index in [0.29, 0.717) is 12.5 Å². The molecule has 1 aromatic heterocycles. The number of nitro groups is 1. The minimum Gasteiger partial charge on any atom is -0.332 e. The van der Waals surface area contributed by atoms with Crippen molar-refractivity contribution in [2.45, 2.75) is 33.7 Å². The number of carbonyl (C=O) groups is 2. The molecule has 0 saturated carbocycles. The predicted molar refractivity (Wildman–Crippen MR) is 100 cm³/mol. The molecule has 0 radical (unpaired) electrons. The van der Waals surface area contributed by atoms with Gasteiger partial charge in [-0.2, -0.15) is 5.10 Å². The minimum atomic E-state index is -1.72. The number of nitrogens with zero attached hydrogens (tertiary/aromatic N) is 4. The molecule has 0 aliphatic rings. The van der Waals surface area contributed by atoms with Gasteiger partial charge in [0.25, 0.3) is 0 Å². The first-order valence-electron chi connectivity index (χ1n) is 8.96. The van der Waals surface area contributed by atoms with E-state index in [4.69, 9.17) is 0 Å². The van der Waals surface area contributed by atoms with E-state index in [2.05, 4.69) is 10.4 Å². The van der Waals surface area contributed by atoms with Gasteiger partial charge in [-0.15, -0.1) is 0 Å². The van der Waals surface area contributed by atoms with Crippen molar-refractivity contribution in [3.8, 4) is 0 Å². The molecule has 0 spiro atoms. The van der Waals surface area contributed by atoms with Gasteiger partial charge >= 0.3 is 5.69 Å². The average molecular weight is 427 g/mol. The first-order chi connectivity index (χ1) is 14.1. The summed E-state index contributed by atoms with van der Waals surface area (Å²) >= 11 is 0. The van der Waals surface area contributed by atoms with Crippen LogP contribution in [0.1, 0.15) is 24.7 Å². The zero-order valence-corrected chi connectivity index (χ0v) is 16.5. The summed E-state index contributed by atoms with van der Waals surface area (Å²) in [5.41, 5.74) is -0.414. The van der Waals surface area contributed by atoms with Crippen LogP contribution in [0.2, 0.25) is 0 Å². The summed E-state index contributed by atoms with van der Waals surface area (Å²) in [6, 6.07) is 1.53. The van der Waals surface area contributed by atoms with Gasteiger partial charge in [0.1, 0.15) is 17.9 Å². The Balaban J connectivity index is 2.13. The second-order valence-corrected chi connectivity index (χ2v) is 6.52. The molecule has 0 unspecified atom stereocenters. The Bertz CT molecular complexity index is 993. The first-order valence-corrected chi connectivity index (χ1v) is 8.96. The molecular weight excluding hydrogens is 407 g/mol. The van der Waals surface area contributed by atoms with E-state index in [1.54, 1.807) is 6.92 Å². The van der Waals surface area contributed by atoms with Gasteiger partial charge in [0.15, 0.2) is 17.5 Å². The van der Waals surface area contributed by atoms with Crippen LogP contribution >= 0.6 is 0 Å². The van der Waals surface area contributed by atoms with Crippen LogP contribution in [0.15, 0.2) is 12.1 Å². The number of aromatic nitrogens is 2. The normalized spacial score (nSPS) is 10.7. The summed E-state index contributed by atoms with van der Waals surface area (Å²) in [7, 11) is 0. The average Bonchev–Trinajstić information content (AvgIpc) is 2.95. The van der Waals surface area contributed by atoms with Crippen molar-refractivity contribution < 1.29 is 27.7 Å². The zero-order valence-electron chi connectivity index (χ0n) is 16.5. The molecule has 0 fully saturated rings. The third-order valence-electron chi connectivity index (χ3n) is 4.30. The van der Waals surface area contributed by atoms with Gasteiger partial charge in [-0.25, -0.2) is 13.2 Å². The summed E-state index contributed by atoms with van der Waals surface area (Å²) in [6.07, 6.45) is 0.496. The highest BCUT2D eigenvalue weighted by molar-refractivity contribution is 5.94. The van der Waals surface area contributed by atoms with Crippen LogP contribution in [-0.4, -0.2) is 44.5 Å². The maximum atomic E-state index is 13.7. The number of hydrogen-bond acceptors (Lipinski definition) is 5. The molecule has 0 saturated heterocycles. The molecule has 0 aliphatic heterocycles. The van der Waals surface area contributed by atoms with Crippen molar-refractivity contribution in [2.75, 3.05) is 18.4 Å². The van der Waals surface area contributed by atoms with Gasteiger partial charge in [0.05, 0.1) is 17.2 Å². The van der Waals surface area contributed by atoms with Gasteiger partial charge in [-0.3, -0.25) is 24.4 Å². The van der Waals surface area contributed by atoms with E-state index in [1.807, 2.05) is 0 Å². The number of halogens is 3. The first kappa shape index (κ1) is 22.8. The standard InChI is InChI=1S/C18H20F3N5O4/c1-4-7-24(8-14(27)22-13-6-5-12(19)16(20)17(13)21)15(28)9-25-11(3)18(26(29)30)10(2)23-25/h5-6H,4,7-9H2,1-3H3,(H,22,27). The monoisotopic (exact) mass is 427 g/mol. The van der Waals surface area contributed by atoms with Crippen molar-refractivity contribution in [1.82, 2.24) is 14.7 Å². The molecule has 2 aromatic rings. The maximum absolute atomic E-state index is 13.7. The van der Waals surface area contributed by atoms with Gasteiger partial charge < -0.3 is 10.2 Å². The molecular formula is C18H20F3N5O4. The Morgan fingerprint density at radius 3 is 2.47 bits per heavy atom. The van der Waals surface area contributed by atoms with Crippen molar-refractivity contribution >= 4 is 23.2 Å². The van der Waals surface area contributed by atoms with Crippen molar-refractivity contribution in [3.63, 3.8) is 0 Å². The molecule has 2 amide bonds. The lowest BCUT2D eigenvalue weighted by molar-refractivity contribution is -0.386. The van der Waals surface area contributed by atoms with Crippen molar-refractivity contribution in [2.24, 2.45) is 0 Å². The van der Waals surface area contributed by atoms with Crippen LogP contribution in [-0.2, 0) is 16.1 Å².